The molecule has 6 rings (SSSR count). The van der Waals surface area contributed by atoms with Gasteiger partial charge in [-0.05, 0) is 30.7 Å². The van der Waals surface area contributed by atoms with E-state index < -0.39 is 5.91 Å². The first-order valence-corrected chi connectivity index (χ1v) is 13.6. The van der Waals surface area contributed by atoms with Crippen molar-refractivity contribution in [2.75, 3.05) is 5.73 Å². The van der Waals surface area contributed by atoms with Gasteiger partial charge in [-0.1, -0.05) is 69.0 Å². The fourth-order valence-corrected chi connectivity index (χ4v) is 4.21. The molecule has 6 aromatic rings. The summed E-state index contributed by atoms with van der Waals surface area (Å²) in [6.07, 6.45) is 7.62. The maximum Gasteiger partial charge on any atom is 0.254 e. The van der Waals surface area contributed by atoms with Gasteiger partial charge in [0.1, 0.15) is 16.9 Å². The van der Waals surface area contributed by atoms with Gasteiger partial charge in [0, 0.05) is 36.6 Å². The Bertz CT molecular complexity index is 1900. The average molecular weight is 557 g/mol. The Labute approximate surface area is 244 Å². The first kappa shape index (κ1) is 29.4. The highest BCUT2D eigenvalue weighted by Crippen LogP contribution is 2.25. The van der Waals surface area contributed by atoms with Crippen molar-refractivity contribution in [1.82, 2.24) is 29.7 Å². The zero-order valence-corrected chi connectivity index (χ0v) is 24.0. The van der Waals surface area contributed by atoms with E-state index in [1.807, 2.05) is 63.5 Å². The number of nitrogen functional groups attached to an aromatic ring is 1. The maximum atomic E-state index is 11.1. The van der Waals surface area contributed by atoms with Gasteiger partial charge in [0.2, 0.25) is 0 Å². The lowest BCUT2D eigenvalue weighted by atomic mass is 10.1. The minimum atomic E-state index is -0.612. The molecule has 4 heterocycles. The molecule has 1 amide bonds. The fourth-order valence-electron chi connectivity index (χ4n) is 4.21. The van der Waals surface area contributed by atoms with Crippen LogP contribution in [0.1, 0.15) is 48.0 Å². The standard InChI is InChI=1S/C22H18N4.C9H8N4O.C2H6/c1-3-19-21(17-8-5-4-6-9-17)25-22-18(10-7-11-20(22)24-19)13-12-16-14-23-26(2)15-16;10-8-6(9(11)14)7-5(4-13-8)2-1-3-12-7;1-2/h4-11,14-15H,3H2,1-2H3;1-4H,(H2,10,13)(H2,11,14);1-2H3. The number of fused-ring (bicyclic) bond motifs is 2. The van der Waals surface area contributed by atoms with E-state index in [-0.39, 0.29) is 11.4 Å². The van der Waals surface area contributed by atoms with Crippen molar-refractivity contribution < 1.29 is 4.79 Å². The van der Waals surface area contributed by atoms with E-state index >= 15 is 0 Å². The summed E-state index contributed by atoms with van der Waals surface area (Å²) in [5, 5.41) is 4.90. The lowest BCUT2D eigenvalue weighted by molar-refractivity contribution is 0.100. The summed E-state index contributed by atoms with van der Waals surface area (Å²) in [4.78, 5) is 28.8. The molecule has 2 aromatic carbocycles. The Morgan fingerprint density at radius 1 is 0.905 bits per heavy atom. The molecule has 0 aliphatic carbocycles. The summed E-state index contributed by atoms with van der Waals surface area (Å²) in [6.45, 7) is 6.11. The van der Waals surface area contributed by atoms with Crippen LogP contribution in [-0.2, 0) is 13.5 Å². The van der Waals surface area contributed by atoms with E-state index in [0.29, 0.717) is 5.52 Å². The molecular weight excluding hydrogens is 524 g/mol. The van der Waals surface area contributed by atoms with Crippen LogP contribution in [0.3, 0.4) is 0 Å². The number of amides is 1. The zero-order chi connectivity index (χ0) is 30.1. The summed E-state index contributed by atoms with van der Waals surface area (Å²) in [6, 6.07) is 19.7. The third kappa shape index (κ3) is 6.57. The lowest BCUT2D eigenvalue weighted by Gasteiger charge is -2.09. The molecule has 210 valence electrons. The molecule has 9 heteroatoms. The quantitative estimate of drug-likeness (QED) is 0.281. The predicted octanol–water partition coefficient (Wildman–Crippen LogP) is 5.33. The number of primary amides is 1. The zero-order valence-electron chi connectivity index (χ0n) is 24.0. The highest BCUT2D eigenvalue weighted by atomic mass is 16.1. The first-order chi connectivity index (χ1) is 20.4. The molecule has 0 aliphatic rings. The van der Waals surface area contributed by atoms with Crippen molar-refractivity contribution in [3.63, 3.8) is 0 Å². The topological polar surface area (TPSA) is 138 Å². The number of anilines is 1. The van der Waals surface area contributed by atoms with Crippen LogP contribution >= 0.6 is 0 Å². The Hall–Kier alpha value is -5.62. The lowest BCUT2D eigenvalue weighted by Crippen LogP contribution is -2.15. The van der Waals surface area contributed by atoms with E-state index in [9.17, 15) is 4.79 Å². The Morgan fingerprint density at radius 3 is 2.38 bits per heavy atom. The van der Waals surface area contributed by atoms with Crippen LogP contribution in [0.25, 0.3) is 33.2 Å². The van der Waals surface area contributed by atoms with E-state index in [2.05, 4.69) is 46.0 Å². The summed E-state index contributed by atoms with van der Waals surface area (Å²) in [5.74, 6) is 5.89. The van der Waals surface area contributed by atoms with Gasteiger partial charge in [0.15, 0.2) is 0 Å². The third-order valence-electron chi connectivity index (χ3n) is 6.12. The molecule has 0 unspecified atom stereocenters. The normalized spacial score (nSPS) is 10.1. The number of rotatable bonds is 3. The molecule has 0 fully saturated rings. The molecule has 0 spiro atoms. The van der Waals surface area contributed by atoms with Crippen molar-refractivity contribution >= 4 is 33.7 Å². The Kier molecular flexibility index (Phi) is 9.53. The smallest absolute Gasteiger partial charge is 0.254 e. The maximum absolute atomic E-state index is 11.1. The SMILES string of the molecule is CC.CCc1nc2cccc(C#Cc3cnn(C)c3)c2nc1-c1ccccc1.NC(=O)c1c(N)ncc2cccnc12. The van der Waals surface area contributed by atoms with E-state index in [1.165, 1.54) is 0 Å². The number of carbonyl (C=O) groups is 1. The monoisotopic (exact) mass is 556 g/mol. The van der Waals surface area contributed by atoms with Gasteiger partial charge >= 0.3 is 0 Å². The van der Waals surface area contributed by atoms with Gasteiger partial charge in [-0.2, -0.15) is 5.10 Å². The highest BCUT2D eigenvalue weighted by molar-refractivity contribution is 6.08. The molecule has 0 atom stereocenters. The van der Waals surface area contributed by atoms with Crippen LogP contribution in [-0.4, -0.2) is 35.6 Å². The van der Waals surface area contributed by atoms with Gasteiger partial charge in [-0.15, -0.1) is 0 Å². The van der Waals surface area contributed by atoms with Crippen molar-refractivity contribution in [2.45, 2.75) is 27.2 Å². The van der Waals surface area contributed by atoms with Crippen molar-refractivity contribution in [1.29, 1.82) is 0 Å². The average Bonchev–Trinajstić information content (AvgIpc) is 3.45. The molecule has 0 radical (unpaired) electrons. The summed E-state index contributed by atoms with van der Waals surface area (Å²) >= 11 is 0. The van der Waals surface area contributed by atoms with Crippen LogP contribution in [0.4, 0.5) is 5.82 Å². The molecule has 9 nitrogen and oxygen atoms in total. The second-order valence-electron chi connectivity index (χ2n) is 8.89. The molecule has 4 N–H and O–H groups in total. The molecule has 0 saturated carbocycles. The minimum Gasteiger partial charge on any atom is -0.383 e. The summed E-state index contributed by atoms with van der Waals surface area (Å²) in [5.41, 5.74) is 17.9. The minimum absolute atomic E-state index is 0.115. The molecular formula is C33H32N8O. The van der Waals surface area contributed by atoms with Crippen LogP contribution in [0, 0.1) is 11.8 Å². The fraction of sp³-hybridized carbons (Fsp3) is 0.152. The second kappa shape index (κ2) is 13.6. The predicted molar refractivity (Wildman–Crippen MR) is 167 cm³/mol. The largest absolute Gasteiger partial charge is 0.383 e. The third-order valence-corrected chi connectivity index (χ3v) is 6.12. The van der Waals surface area contributed by atoms with Gasteiger partial charge < -0.3 is 11.5 Å². The molecule has 0 aliphatic heterocycles. The van der Waals surface area contributed by atoms with Gasteiger partial charge in [0.05, 0.1) is 39.7 Å². The van der Waals surface area contributed by atoms with Crippen molar-refractivity contribution in [3.8, 4) is 23.1 Å². The highest BCUT2D eigenvalue weighted by Gasteiger charge is 2.13. The van der Waals surface area contributed by atoms with Crippen molar-refractivity contribution in [3.05, 3.63) is 108 Å². The number of hydrogen-bond acceptors (Lipinski definition) is 7. The number of aromatic nitrogens is 6. The molecule has 4 aromatic heterocycles. The number of aryl methyl sites for hydroxylation is 2. The first-order valence-electron chi connectivity index (χ1n) is 13.6. The number of nitrogens with two attached hydrogens (primary N) is 2. The number of pyridine rings is 2. The molecule has 42 heavy (non-hydrogen) atoms. The number of para-hydroxylation sites is 1. The van der Waals surface area contributed by atoms with Crippen LogP contribution in [0.5, 0.6) is 0 Å². The summed E-state index contributed by atoms with van der Waals surface area (Å²) < 4.78 is 1.74. The Morgan fingerprint density at radius 2 is 1.69 bits per heavy atom. The molecule has 0 saturated heterocycles. The van der Waals surface area contributed by atoms with E-state index in [4.69, 9.17) is 21.4 Å². The van der Waals surface area contributed by atoms with Gasteiger partial charge in [-0.25, -0.2) is 15.0 Å². The van der Waals surface area contributed by atoms with Crippen molar-refractivity contribution in [2.24, 2.45) is 12.8 Å². The number of hydrogen-bond donors (Lipinski definition) is 2. The second-order valence-corrected chi connectivity index (χ2v) is 8.89. The number of benzene rings is 2. The van der Waals surface area contributed by atoms with Crippen LogP contribution in [0.2, 0.25) is 0 Å². The van der Waals surface area contributed by atoms with Gasteiger partial charge in [-0.3, -0.25) is 14.5 Å². The Balaban J connectivity index is 0.000000214. The van der Waals surface area contributed by atoms with E-state index in [1.54, 1.807) is 35.4 Å². The van der Waals surface area contributed by atoms with Gasteiger partial charge in [0.25, 0.3) is 5.91 Å². The summed E-state index contributed by atoms with van der Waals surface area (Å²) in [7, 11) is 1.88. The van der Waals surface area contributed by atoms with Crippen LogP contribution in [0.15, 0.2) is 85.5 Å². The van der Waals surface area contributed by atoms with Crippen LogP contribution < -0.4 is 11.5 Å². The molecule has 0 bridgehead atoms. The number of carbonyl (C=O) groups excluding carboxylic acids is 1. The van der Waals surface area contributed by atoms with E-state index in [0.717, 1.165) is 50.9 Å². The number of nitrogens with zero attached hydrogens (tertiary/aromatic N) is 6.